The van der Waals surface area contributed by atoms with Crippen molar-refractivity contribution in [1.82, 2.24) is 10.2 Å². The van der Waals surface area contributed by atoms with Crippen LogP contribution >= 0.6 is 0 Å². The molecular weight excluding hydrogens is 216 g/mol. The first-order valence-corrected chi connectivity index (χ1v) is 6.79. The number of hydrogen-bond acceptors (Lipinski definition) is 4. The zero-order valence-electron chi connectivity index (χ0n) is 11.6. The summed E-state index contributed by atoms with van der Waals surface area (Å²) < 4.78 is 11.2. The van der Waals surface area contributed by atoms with Gasteiger partial charge >= 0.3 is 0 Å². The summed E-state index contributed by atoms with van der Waals surface area (Å²) in [5.41, 5.74) is 0. The lowest BCUT2D eigenvalue weighted by molar-refractivity contribution is -0.00143. The molecule has 2 atom stereocenters. The molecule has 0 aromatic rings. The maximum absolute atomic E-state index is 5.65. The van der Waals surface area contributed by atoms with Crippen LogP contribution in [0.15, 0.2) is 0 Å². The second-order valence-electron chi connectivity index (χ2n) is 4.99. The highest BCUT2D eigenvalue weighted by atomic mass is 16.5. The van der Waals surface area contributed by atoms with Gasteiger partial charge in [-0.25, -0.2) is 0 Å². The monoisotopic (exact) mass is 244 g/mol. The molecule has 0 radical (unpaired) electrons. The molecule has 0 saturated carbocycles. The van der Waals surface area contributed by atoms with Gasteiger partial charge in [0.1, 0.15) is 0 Å². The van der Waals surface area contributed by atoms with E-state index in [1.807, 2.05) is 0 Å². The van der Waals surface area contributed by atoms with Gasteiger partial charge < -0.3 is 19.7 Å². The van der Waals surface area contributed by atoms with Gasteiger partial charge in [-0.3, -0.25) is 0 Å². The zero-order valence-corrected chi connectivity index (χ0v) is 11.6. The number of likely N-dealkylation sites (N-methyl/N-ethyl adjacent to an activating group) is 1. The van der Waals surface area contributed by atoms with Gasteiger partial charge in [0.2, 0.25) is 0 Å². The van der Waals surface area contributed by atoms with Crippen LogP contribution in [0.1, 0.15) is 26.2 Å². The lowest BCUT2D eigenvalue weighted by Gasteiger charge is -2.29. The maximum atomic E-state index is 5.65. The first-order chi connectivity index (χ1) is 8.22. The van der Waals surface area contributed by atoms with Crippen molar-refractivity contribution in [2.45, 2.75) is 38.3 Å². The quantitative estimate of drug-likeness (QED) is 0.649. The molecule has 17 heavy (non-hydrogen) atoms. The third-order valence-corrected chi connectivity index (χ3v) is 3.18. The fraction of sp³-hybridized carbons (Fsp3) is 1.00. The van der Waals surface area contributed by atoms with E-state index in [0.717, 1.165) is 52.2 Å². The Kier molecular flexibility index (Phi) is 7.77. The molecule has 1 aliphatic rings. The van der Waals surface area contributed by atoms with E-state index in [2.05, 4.69) is 31.2 Å². The summed E-state index contributed by atoms with van der Waals surface area (Å²) in [6, 6.07) is 0.617. The van der Waals surface area contributed by atoms with Gasteiger partial charge in [0.25, 0.3) is 0 Å². The summed E-state index contributed by atoms with van der Waals surface area (Å²) >= 11 is 0. The molecule has 4 heteroatoms. The first kappa shape index (κ1) is 14.9. The Balaban J connectivity index is 1.95. The largest absolute Gasteiger partial charge is 0.379 e. The number of nitrogens with zero attached hydrogens (tertiary/aromatic N) is 1. The molecule has 4 nitrogen and oxygen atoms in total. The van der Waals surface area contributed by atoms with Crippen LogP contribution in [0, 0.1) is 0 Å². The molecule has 0 bridgehead atoms. The SMILES string of the molecule is CCC1CC(NCCOCCN(C)C)CCO1. The normalized spacial score (nSPS) is 25.4. The Labute approximate surface area is 106 Å². The van der Waals surface area contributed by atoms with Crippen LogP contribution in [-0.2, 0) is 9.47 Å². The Hall–Kier alpha value is -0.160. The van der Waals surface area contributed by atoms with E-state index >= 15 is 0 Å². The highest BCUT2D eigenvalue weighted by molar-refractivity contribution is 4.75. The minimum atomic E-state index is 0.455. The van der Waals surface area contributed by atoms with Crippen molar-refractivity contribution in [2.24, 2.45) is 0 Å². The lowest BCUT2D eigenvalue weighted by Crippen LogP contribution is -2.40. The predicted molar refractivity (Wildman–Crippen MR) is 70.4 cm³/mol. The van der Waals surface area contributed by atoms with Crippen LogP contribution in [0.2, 0.25) is 0 Å². The second kappa shape index (κ2) is 8.86. The highest BCUT2D eigenvalue weighted by Crippen LogP contribution is 2.15. The first-order valence-electron chi connectivity index (χ1n) is 6.79. The molecule has 0 spiro atoms. The fourth-order valence-electron chi connectivity index (χ4n) is 2.03. The minimum absolute atomic E-state index is 0.455. The van der Waals surface area contributed by atoms with Crippen molar-refractivity contribution in [3.8, 4) is 0 Å². The Morgan fingerprint density at radius 2 is 2.18 bits per heavy atom. The van der Waals surface area contributed by atoms with Gasteiger partial charge in [-0.2, -0.15) is 0 Å². The molecule has 1 aliphatic heterocycles. The van der Waals surface area contributed by atoms with Crippen molar-refractivity contribution < 1.29 is 9.47 Å². The molecule has 2 unspecified atom stereocenters. The molecule has 1 rings (SSSR count). The average molecular weight is 244 g/mol. The van der Waals surface area contributed by atoms with E-state index in [1.54, 1.807) is 0 Å². The van der Waals surface area contributed by atoms with Crippen molar-refractivity contribution in [2.75, 3.05) is 47.0 Å². The molecule has 0 amide bonds. The van der Waals surface area contributed by atoms with Gasteiger partial charge in [0.15, 0.2) is 0 Å². The van der Waals surface area contributed by atoms with Gasteiger partial charge in [-0.1, -0.05) is 6.92 Å². The van der Waals surface area contributed by atoms with E-state index in [1.165, 1.54) is 0 Å². The summed E-state index contributed by atoms with van der Waals surface area (Å²) in [5, 5.41) is 3.56. The number of nitrogens with one attached hydrogen (secondary N) is 1. The molecule has 0 aromatic heterocycles. The third-order valence-electron chi connectivity index (χ3n) is 3.18. The summed E-state index contributed by atoms with van der Waals surface area (Å²) in [6.45, 7) is 6.67. The smallest absolute Gasteiger partial charge is 0.0593 e. The van der Waals surface area contributed by atoms with E-state index in [9.17, 15) is 0 Å². The predicted octanol–water partition coefficient (Wildman–Crippen LogP) is 1.11. The van der Waals surface area contributed by atoms with Crippen LogP contribution in [-0.4, -0.2) is 64.1 Å². The molecule has 102 valence electrons. The summed E-state index contributed by atoms with van der Waals surface area (Å²) in [7, 11) is 4.13. The van der Waals surface area contributed by atoms with Crippen molar-refractivity contribution in [1.29, 1.82) is 0 Å². The van der Waals surface area contributed by atoms with Gasteiger partial charge in [-0.15, -0.1) is 0 Å². The van der Waals surface area contributed by atoms with Crippen molar-refractivity contribution >= 4 is 0 Å². The Morgan fingerprint density at radius 1 is 1.35 bits per heavy atom. The summed E-state index contributed by atoms with van der Waals surface area (Å²) in [6.07, 6.45) is 3.86. The van der Waals surface area contributed by atoms with Gasteiger partial charge in [0.05, 0.1) is 19.3 Å². The minimum Gasteiger partial charge on any atom is -0.379 e. The molecule has 0 aliphatic carbocycles. The van der Waals surface area contributed by atoms with Gasteiger partial charge in [-0.05, 0) is 33.4 Å². The molecular formula is C13H28N2O2. The number of ether oxygens (including phenoxy) is 2. The van der Waals surface area contributed by atoms with Crippen LogP contribution in [0.25, 0.3) is 0 Å². The van der Waals surface area contributed by atoms with E-state index < -0.39 is 0 Å². The maximum Gasteiger partial charge on any atom is 0.0593 e. The van der Waals surface area contributed by atoms with Crippen LogP contribution < -0.4 is 5.32 Å². The Bertz CT molecular complexity index is 188. The summed E-state index contributed by atoms with van der Waals surface area (Å²) in [5.74, 6) is 0. The van der Waals surface area contributed by atoms with Crippen LogP contribution in [0.4, 0.5) is 0 Å². The number of rotatable bonds is 8. The van der Waals surface area contributed by atoms with Crippen LogP contribution in [0.5, 0.6) is 0 Å². The molecule has 1 N–H and O–H groups in total. The molecule has 1 heterocycles. The van der Waals surface area contributed by atoms with E-state index in [-0.39, 0.29) is 0 Å². The van der Waals surface area contributed by atoms with E-state index in [0.29, 0.717) is 12.1 Å². The number of hydrogen-bond donors (Lipinski definition) is 1. The third kappa shape index (κ3) is 6.99. The Morgan fingerprint density at radius 3 is 2.88 bits per heavy atom. The highest BCUT2D eigenvalue weighted by Gasteiger charge is 2.20. The molecule has 1 saturated heterocycles. The average Bonchev–Trinajstić information content (AvgIpc) is 2.33. The summed E-state index contributed by atoms with van der Waals surface area (Å²) in [4.78, 5) is 2.14. The van der Waals surface area contributed by atoms with E-state index in [4.69, 9.17) is 9.47 Å². The second-order valence-corrected chi connectivity index (χ2v) is 4.99. The van der Waals surface area contributed by atoms with Crippen LogP contribution in [0.3, 0.4) is 0 Å². The topological polar surface area (TPSA) is 33.7 Å². The standard InChI is InChI=1S/C13H28N2O2/c1-4-13-11-12(5-8-17-13)14-6-9-16-10-7-15(2)3/h12-14H,4-11H2,1-3H3. The van der Waals surface area contributed by atoms with Crippen molar-refractivity contribution in [3.63, 3.8) is 0 Å². The fourth-order valence-corrected chi connectivity index (χ4v) is 2.03. The molecule has 0 aromatic carbocycles. The zero-order chi connectivity index (χ0) is 12.5. The van der Waals surface area contributed by atoms with Gasteiger partial charge in [0, 0.05) is 25.7 Å². The molecule has 1 fully saturated rings. The lowest BCUT2D eigenvalue weighted by atomic mass is 10.0. The van der Waals surface area contributed by atoms with Crippen molar-refractivity contribution in [3.05, 3.63) is 0 Å².